The second-order valence-corrected chi connectivity index (χ2v) is 5.79. The van der Waals surface area contributed by atoms with Crippen LogP contribution in [0.25, 0.3) is 0 Å². The summed E-state index contributed by atoms with van der Waals surface area (Å²) < 4.78 is 5.48. The minimum atomic E-state index is -0.173. The minimum Gasteiger partial charge on any atom is -0.484 e. The van der Waals surface area contributed by atoms with E-state index in [2.05, 4.69) is 19.2 Å². The van der Waals surface area contributed by atoms with Crippen molar-refractivity contribution in [3.63, 3.8) is 0 Å². The molecule has 2 aromatic rings. The Labute approximate surface area is 136 Å². The molecule has 0 saturated heterocycles. The predicted molar refractivity (Wildman–Crippen MR) is 89.3 cm³/mol. The summed E-state index contributed by atoms with van der Waals surface area (Å²) >= 11 is 6.04. The summed E-state index contributed by atoms with van der Waals surface area (Å²) in [7, 11) is 0. The van der Waals surface area contributed by atoms with E-state index in [9.17, 15) is 4.79 Å². The van der Waals surface area contributed by atoms with Crippen LogP contribution in [-0.2, 0) is 11.3 Å². The summed E-state index contributed by atoms with van der Waals surface area (Å²) in [5.41, 5.74) is 2.13. The van der Waals surface area contributed by atoms with E-state index in [-0.39, 0.29) is 12.5 Å². The van der Waals surface area contributed by atoms with Crippen molar-refractivity contribution in [1.29, 1.82) is 0 Å². The maximum Gasteiger partial charge on any atom is 0.258 e. The molecule has 0 fully saturated rings. The molecular formula is C18H20ClNO2. The Kier molecular flexibility index (Phi) is 5.84. The van der Waals surface area contributed by atoms with Crippen LogP contribution in [0.3, 0.4) is 0 Å². The molecule has 2 rings (SSSR count). The lowest BCUT2D eigenvalue weighted by Crippen LogP contribution is -2.28. The highest BCUT2D eigenvalue weighted by Gasteiger charge is 2.05. The van der Waals surface area contributed by atoms with E-state index in [0.717, 1.165) is 5.56 Å². The van der Waals surface area contributed by atoms with Crippen LogP contribution >= 0.6 is 11.6 Å². The number of carbonyl (C=O) groups excluding carboxylic acids is 1. The number of amides is 1. The molecule has 0 saturated carbocycles. The molecule has 0 aliphatic heterocycles. The van der Waals surface area contributed by atoms with E-state index in [4.69, 9.17) is 16.3 Å². The minimum absolute atomic E-state index is 0.00845. The van der Waals surface area contributed by atoms with Crippen LogP contribution in [0.15, 0.2) is 48.5 Å². The van der Waals surface area contributed by atoms with Crippen molar-refractivity contribution in [3.8, 4) is 5.75 Å². The molecule has 3 nitrogen and oxygen atoms in total. The lowest BCUT2D eigenvalue weighted by Gasteiger charge is -2.10. The quantitative estimate of drug-likeness (QED) is 0.868. The molecule has 0 bridgehead atoms. The number of rotatable bonds is 6. The first kappa shape index (κ1) is 16.4. The Morgan fingerprint density at radius 3 is 2.45 bits per heavy atom. The Hall–Kier alpha value is -2.00. The third kappa shape index (κ3) is 4.78. The lowest BCUT2D eigenvalue weighted by atomic mass is 10.0. The fourth-order valence-electron chi connectivity index (χ4n) is 1.98. The van der Waals surface area contributed by atoms with Gasteiger partial charge in [-0.05, 0) is 35.2 Å². The number of benzene rings is 2. The first-order valence-corrected chi connectivity index (χ1v) is 7.67. The van der Waals surface area contributed by atoms with Gasteiger partial charge in [-0.15, -0.1) is 0 Å². The van der Waals surface area contributed by atoms with Crippen LogP contribution in [0, 0.1) is 0 Å². The van der Waals surface area contributed by atoms with Crippen LogP contribution in [0.4, 0.5) is 0 Å². The summed E-state index contributed by atoms with van der Waals surface area (Å²) in [6, 6.07) is 15.2. The molecule has 0 radical (unpaired) electrons. The number of halogens is 1. The number of nitrogens with one attached hydrogen (secondary N) is 1. The van der Waals surface area contributed by atoms with E-state index < -0.39 is 0 Å². The highest BCUT2D eigenvalue weighted by molar-refractivity contribution is 6.31. The zero-order valence-electron chi connectivity index (χ0n) is 12.8. The van der Waals surface area contributed by atoms with Gasteiger partial charge in [0.1, 0.15) is 5.75 Å². The van der Waals surface area contributed by atoms with Crippen molar-refractivity contribution in [2.24, 2.45) is 0 Å². The molecule has 0 aromatic heterocycles. The van der Waals surface area contributed by atoms with Crippen molar-refractivity contribution in [2.45, 2.75) is 26.3 Å². The van der Waals surface area contributed by atoms with E-state index in [1.54, 1.807) is 6.07 Å². The highest BCUT2D eigenvalue weighted by Crippen LogP contribution is 2.18. The van der Waals surface area contributed by atoms with Gasteiger partial charge in [-0.1, -0.05) is 55.8 Å². The molecule has 0 atom stereocenters. The SMILES string of the molecule is CC(C)c1ccc(OCC(=O)NCc2ccccc2Cl)cc1. The number of hydrogen-bond donors (Lipinski definition) is 1. The predicted octanol–water partition coefficient (Wildman–Crippen LogP) is 4.16. The normalized spacial score (nSPS) is 10.5. The fraction of sp³-hybridized carbons (Fsp3) is 0.278. The lowest BCUT2D eigenvalue weighted by molar-refractivity contribution is -0.123. The van der Waals surface area contributed by atoms with Crippen molar-refractivity contribution in [3.05, 3.63) is 64.7 Å². The molecule has 0 spiro atoms. The maximum absolute atomic E-state index is 11.8. The second kappa shape index (κ2) is 7.85. The van der Waals surface area contributed by atoms with Crippen molar-refractivity contribution in [2.75, 3.05) is 6.61 Å². The smallest absolute Gasteiger partial charge is 0.258 e. The van der Waals surface area contributed by atoms with Gasteiger partial charge < -0.3 is 10.1 Å². The van der Waals surface area contributed by atoms with Gasteiger partial charge in [-0.2, -0.15) is 0 Å². The Balaban J connectivity index is 1.79. The standard InChI is InChI=1S/C18H20ClNO2/c1-13(2)14-7-9-16(10-8-14)22-12-18(21)20-11-15-5-3-4-6-17(15)19/h3-10,13H,11-12H2,1-2H3,(H,20,21). The molecule has 0 aliphatic carbocycles. The molecule has 1 amide bonds. The Morgan fingerprint density at radius 2 is 1.82 bits per heavy atom. The van der Waals surface area contributed by atoms with Gasteiger partial charge in [-0.3, -0.25) is 4.79 Å². The monoisotopic (exact) mass is 317 g/mol. The number of hydrogen-bond acceptors (Lipinski definition) is 2. The summed E-state index contributed by atoms with van der Waals surface area (Å²) in [6.45, 7) is 4.66. The zero-order valence-corrected chi connectivity index (χ0v) is 13.6. The van der Waals surface area contributed by atoms with E-state index >= 15 is 0 Å². The average Bonchev–Trinajstić information content (AvgIpc) is 2.52. The second-order valence-electron chi connectivity index (χ2n) is 5.38. The van der Waals surface area contributed by atoms with Crippen LogP contribution in [0.1, 0.15) is 30.9 Å². The fourth-order valence-corrected chi connectivity index (χ4v) is 2.19. The molecule has 0 heterocycles. The van der Waals surface area contributed by atoms with Crippen LogP contribution in [-0.4, -0.2) is 12.5 Å². The van der Waals surface area contributed by atoms with Crippen LogP contribution in [0.2, 0.25) is 5.02 Å². The third-order valence-electron chi connectivity index (χ3n) is 3.35. The van der Waals surface area contributed by atoms with Crippen molar-refractivity contribution in [1.82, 2.24) is 5.32 Å². The maximum atomic E-state index is 11.8. The molecule has 1 N–H and O–H groups in total. The molecule has 116 valence electrons. The van der Waals surface area contributed by atoms with E-state index in [1.807, 2.05) is 42.5 Å². The van der Waals surface area contributed by atoms with E-state index in [1.165, 1.54) is 5.56 Å². The summed E-state index contributed by atoms with van der Waals surface area (Å²) in [6.07, 6.45) is 0. The largest absolute Gasteiger partial charge is 0.484 e. The topological polar surface area (TPSA) is 38.3 Å². The summed E-state index contributed by atoms with van der Waals surface area (Å²) in [4.78, 5) is 11.8. The molecule has 2 aromatic carbocycles. The van der Waals surface area contributed by atoms with Gasteiger partial charge >= 0.3 is 0 Å². The highest BCUT2D eigenvalue weighted by atomic mass is 35.5. The van der Waals surface area contributed by atoms with Crippen molar-refractivity contribution >= 4 is 17.5 Å². The van der Waals surface area contributed by atoms with Gasteiger partial charge in [0.05, 0.1) is 0 Å². The summed E-state index contributed by atoms with van der Waals surface area (Å²) in [5.74, 6) is 0.998. The molecule has 4 heteroatoms. The van der Waals surface area contributed by atoms with Gasteiger partial charge in [-0.25, -0.2) is 0 Å². The van der Waals surface area contributed by atoms with Crippen LogP contribution in [0.5, 0.6) is 5.75 Å². The number of carbonyl (C=O) groups is 1. The zero-order chi connectivity index (χ0) is 15.9. The van der Waals surface area contributed by atoms with Gasteiger partial charge in [0.2, 0.25) is 0 Å². The summed E-state index contributed by atoms with van der Waals surface area (Å²) in [5, 5.41) is 3.44. The number of ether oxygens (including phenoxy) is 1. The van der Waals surface area contributed by atoms with Gasteiger partial charge in [0.15, 0.2) is 6.61 Å². The first-order valence-electron chi connectivity index (χ1n) is 7.29. The van der Waals surface area contributed by atoms with E-state index in [0.29, 0.717) is 23.2 Å². The third-order valence-corrected chi connectivity index (χ3v) is 3.72. The Bertz CT molecular complexity index is 623. The molecular weight excluding hydrogens is 298 g/mol. The van der Waals surface area contributed by atoms with Gasteiger partial charge in [0.25, 0.3) is 5.91 Å². The molecule has 0 aliphatic rings. The van der Waals surface area contributed by atoms with Gasteiger partial charge in [0, 0.05) is 11.6 Å². The average molecular weight is 318 g/mol. The molecule has 22 heavy (non-hydrogen) atoms. The molecule has 0 unspecified atom stereocenters. The Morgan fingerprint density at radius 1 is 1.14 bits per heavy atom. The first-order chi connectivity index (χ1) is 10.6. The van der Waals surface area contributed by atoms with Crippen LogP contribution < -0.4 is 10.1 Å². The van der Waals surface area contributed by atoms with Crippen molar-refractivity contribution < 1.29 is 9.53 Å².